The highest BCUT2D eigenvalue weighted by Gasteiger charge is 2.20. The lowest BCUT2D eigenvalue weighted by atomic mass is 10.0. The fourth-order valence-corrected chi connectivity index (χ4v) is 1.79. The number of nitrogens with one attached hydrogen (secondary N) is 1. The summed E-state index contributed by atoms with van der Waals surface area (Å²) in [6.07, 6.45) is -1.03. The molecule has 0 fully saturated rings. The average Bonchev–Trinajstić information content (AvgIpc) is 2.38. The van der Waals surface area contributed by atoms with Crippen LogP contribution in [-0.4, -0.2) is 36.7 Å². The molecule has 2 unspecified atom stereocenters. The monoisotopic (exact) mass is 329 g/mol. The maximum atomic E-state index is 11.9. The maximum absolute atomic E-state index is 11.9. The number of amides is 1. The Kier molecular flexibility index (Phi) is 5.98. The molecule has 2 N–H and O–H groups in total. The minimum atomic E-state index is -1.10. The first kappa shape index (κ1) is 15.7. The van der Waals surface area contributed by atoms with E-state index in [4.69, 9.17) is 9.84 Å². The molecular formula is C13H16BrNO4. The quantitative estimate of drug-likeness (QED) is 0.834. The van der Waals surface area contributed by atoms with Gasteiger partial charge in [-0.1, -0.05) is 28.1 Å². The topological polar surface area (TPSA) is 75.6 Å². The van der Waals surface area contributed by atoms with Gasteiger partial charge < -0.3 is 15.2 Å². The molecule has 1 aromatic carbocycles. The van der Waals surface area contributed by atoms with Crippen molar-refractivity contribution in [2.45, 2.75) is 18.9 Å². The van der Waals surface area contributed by atoms with E-state index in [9.17, 15) is 9.59 Å². The summed E-state index contributed by atoms with van der Waals surface area (Å²) < 4.78 is 5.68. The van der Waals surface area contributed by atoms with E-state index in [2.05, 4.69) is 21.2 Å². The Morgan fingerprint density at radius 2 is 1.95 bits per heavy atom. The number of hydrogen-bond donors (Lipinski definition) is 2. The Bertz CT molecular complexity index is 446. The van der Waals surface area contributed by atoms with Crippen LogP contribution < -0.4 is 5.32 Å². The summed E-state index contributed by atoms with van der Waals surface area (Å²) >= 11 is 3.32. The van der Waals surface area contributed by atoms with Crippen LogP contribution in [0.3, 0.4) is 0 Å². The molecule has 19 heavy (non-hydrogen) atoms. The molecule has 0 aliphatic heterocycles. The van der Waals surface area contributed by atoms with Crippen molar-refractivity contribution in [3.63, 3.8) is 0 Å². The van der Waals surface area contributed by atoms with E-state index in [1.165, 1.54) is 7.11 Å². The second-order valence-electron chi connectivity index (χ2n) is 4.08. The molecular weight excluding hydrogens is 314 g/mol. The third kappa shape index (κ3) is 4.65. The van der Waals surface area contributed by atoms with E-state index in [1.54, 1.807) is 6.92 Å². The van der Waals surface area contributed by atoms with Gasteiger partial charge >= 0.3 is 5.97 Å². The normalized spacial score (nSPS) is 13.6. The van der Waals surface area contributed by atoms with Crippen molar-refractivity contribution < 1.29 is 19.4 Å². The summed E-state index contributed by atoms with van der Waals surface area (Å²) in [7, 11) is 1.29. The highest BCUT2D eigenvalue weighted by molar-refractivity contribution is 9.10. The second kappa shape index (κ2) is 7.25. The highest BCUT2D eigenvalue weighted by Crippen LogP contribution is 2.18. The van der Waals surface area contributed by atoms with Crippen LogP contribution in [-0.2, 0) is 14.3 Å². The molecule has 2 atom stereocenters. The van der Waals surface area contributed by atoms with Gasteiger partial charge in [0.25, 0.3) is 0 Å². The predicted octanol–water partition coefficient (Wildman–Crippen LogP) is 1.77. The molecule has 1 aromatic rings. The Morgan fingerprint density at radius 1 is 1.37 bits per heavy atom. The Morgan fingerprint density at radius 3 is 2.42 bits per heavy atom. The van der Waals surface area contributed by atoms with Crippen LogP contribution in [0.15, 0.2) is 28.7 Å². The van der Waals surface area contributed by atoms with Crippen LogP contribution in [0.25, 0.3) is 0 Å². The lowest BCUT2D eigenvalue weighted by Crippen LogP contribution is -2.39. The number of ether oxygens (including phenoxy) is 1. The molecule has 104 valence electrons. The third-order valence-electron chi connectivity index (χ3n) is 2.78. The number of rotatable bonds is 6. The highest BCUT2D eigenvalue weighted by atomic mass is 79.9. The predicted molar refractivity (Wildman–Crippen MR) is 74.0 cm³/mol. The smallest absolute Gasteiger partial charge is 0.334 e. The number of carbonyl (C=O) groups is 2. The van der Waals surface area contributed by atoms with Gasteiger partial charge in [0.1, 0.15) is 0 Å². The summed E-state index contributed by atoms with van der Waals surface area (Å²) in [5, 5.41) is 11.4. The van der Waals surface area contributed by atoms with Crippen LogP contribution in [0.4, 0.5) is 0 Å². The Hall–Kier alpha value is -1.40. The zero-order chi connectivity index (χ0) is 14.4. The molecule has 0 saturated heterocycles. The lowest BCUT2D eigenvalue weighted by molar-refractivity contribution is -0.148. The van der Waals surface area contributed by atoms with Crippen LogP contribution in [0.2, 0.25) is 0 Å². The molecule has 1 rings (SSSR count). The van der Waals surface area contributed by atoms with Gasteiger partial charge in [-0.2, -0.15) is 0 Å². The summed E-state index contributed by atoms with van der Waals surface area (Å²) in [4.78, 5) is 22.6. The summed E-state index contributed by atoms with van der Waals surface area (Å²) in [5.74, 6) is -1.68. The summed E-state index contributed by atoms with van der Waals surface area (Å²) in [6.45, 7) is 1.71. The first-order chi connectivity index (χ1) is 8.95. The first-order valence-corrected chi connectivity index (χ1v) is 6.53. The van der Waals surface area contributed by atoms with Crippen LogP contribution in [0, 0.1) is 0 Å². The van der Waals surface area contributed by atoms with Crippen molar-refractivity contribution in [2.24, 2.45) is 0 Å². The van der Waals surface area contributed by atoms with E-state index in [0.29, 0.717) is 0 Å². The number of methoxy groups -OCH3 is 1. The number of carbonyl (C=O) groups excluding carboxylic acids is 1. The molecule has 5 nitrogen and oxygen atoms in total. The molecule has 0 saturated carbocycles. The van der Waals surface area contributed by atoms with Gasteiger partial charge in [-0.15, -0.1) is 0 Å². The molecule has 0 aliphatic rings. The van der Waals surface area contributed by atoms with Gasteiger partial charge in [0.15, 0.2) is 6.10 Å². The van der Waals surface area contributed by atoms with Gasteiger partial charge in [-0.05, 0) is 24.6 Å². The van der Waals surface area contributed by atoms with Crippen LogP contribution in [0.1, 0.15) is 18.4 Å². The molecule has 0 radical (unpaired) electrons. The lowest BCUT2D eigenvalue weighted by Gasteiger charge is -2.15. The van der Waals surface area contributed by atoms with E-state index in [0.717, 1.165) is 10.0 Å². The van der Waals surface area contributed by atoms with Gasteiger partial charge in [0.2, 0.25) is 5.91 Å². The maximum Gasteiger partial charge on any atom is 0.334 e. The first-order valence-electron chi connectivity index (χ1n) is 5.74. The third-order valence-corrected chi connectivity index (χ3v) is 3.31. The largest absolute Gasteiger partial charge is 0.479 e. The average molecular weight is 330 g/mol. The van der Waals surface area contributed by atoms with Crippen molar-refractivity contribution >= 4 is 27.8 Å². The van der Waals surface area contributed by atoms with Gasteiger partial charge in [0, 0.05) is 11.6 Å². The van der Waals surface area contributed by atoms with Crippen molar-refractivity contribution in [2.75, 3.05) is 13.7 Å². The standard InChI is InChI=1S/C13H16BrNO4/c1-8(9-3-5-10(14)6-4-9)12(16)15-7-11(19-2)13(17)18/h3-6,8,11H,7H2,1-2H3,(H,15,16)(H,17,18). The SMILES string of the molecule is COC(CNC(=O)C(C)c1ccc(Br)cc1)C(=O)O. The number of hydrogen-bond acceptors (Lipinski definition) is 3. The number of carboxylic acids is 1. The van der Waals surface area contributed by atoms with E-state index in [1.807, 2.05) is 24.3 Å². The van der Waals surface area contributed by atoms with Crippen LogP contribution >= 0.6 is 15.9 Å². The van der Waals surface area contributed by atoms with E-state index in [-0.39, 0.29) is 18.4 Å². The minimum absolute atomic E-state index is 0.0501. The molecule has 1 amide bonds. The molecule has 0 aromatic heterocycles. The van der Waals surface area contributed by atoms with Gasteiger partial charge in [0.05, 0.1) is 12.5 Å². The van der Waals surface area contributed by atoms with E-state index >= 15 is 0 Å². The Balaban J connectivity index is 2.58. The summed E-state index contributed by atoms with van der Waals surface area (Å²) in [6, 6.07) is 7.40. The van der Waals surface area contributed by atoms with Crippen molar-refractivity contribution in [3.05, 3.63) is 34.3 Å². The van der Waals surface area contributed by atoms with Crippen molar-refractivity contribution in [1.29, 1.82) is 0 Å². The number of carboxylic acid groups (broad SMARTS) is 1. The molecule has 0 spiro atoms. The summed E-state index contributed by atoms with van der Waals surface area (Å²) in [5.41, 5.74) is 0.866. The number of benzene rings is 1. The fraction of sp³-hybridized carbons (Fsp3) is 0.385. The molecule has 0 bridgehead atoms. The number of halogens is 1. The minimum Gasteiger partial charge on any atom is -0.479 e. The van der Waals surface area contributed by atoms with Gasteiger partial charge in [-0.25, -0.2) is 4.79 Å². The number of aliphatic carboxylic acids is 1. The molecule has 0 aliphatic carbocycles. The molecule has 6 heteroatoms. The van der Waals surface area contributed by atoms with Crippen molar-refractivity contribution in [3.8, 4) is 0 Å². The van der Waals surface area contributed by atoms with Gasteiger partial charge in [-0.3, -0.25) is 4.79 Å². The fourth-order valence-electron chi connectivity index (χ4n) is 1.52. The second-order valence-corrected chi connectivity index (χ2v) is 5.00. The zero-order valence-corrected chi connectivity index (χ0v) is 12.3. The van der Waals surface area contributed by atoms with Crippen LogP contribution in [0.5, 0.6) is 0 Å². The van der Waals surface area contributed by atoms with Crippen molar-refractivity contribution in [1.82, 2.24) is 5.32 Å². The van der Waals surface area contributed by atoms with E-state index < -0.39 is 12.1 Å². The zero-order valence-electron chi connectivity index (χ0n) is 10.7. The molecule has 0 heterocycles. The Labute approximate surface area is 120 Å².